The van der Waals surface area contributed by atoms with Gasteiger partial charge >= 0.3 is 6.09 Å². The molecule has 0 aromatic carbocycles. The molecule has 1 amide bonds. The fourth-order valence-corrected chi connectivity index (χ4v) is 1.89. The summed E-state index contributed by atoms with van der Waals surface area (Å²) in [7, 11) is 1.97. The molecule has 0 saturated carbocycles. The van der Waals surface area contributed by atoms with E-state index in [0.29, 0.717) is 0 Å². The van der Waals surface area contributed by atoms with E-state index >= 15 is 0 Å². The molecule has 0 radical (unpaired) electrons. The van der Waals surface area contributed by atoms with Crippen LogP contribution in [0.3, 0.4) is 0 Å². The Morgan fingerprint density at radius 1 is 1.50 bits per heavy atom. The van der Waals surface area contributed by atoms with Gasteiger partial charge in [0.15, 0.2) is 0 Å². The van der Waals surface area contributed by atoms with Gasteiger partial charge in [0.05, 0.1) is 6.04 Å². The van der Waals surface area contributed by atoms with E-state index in [1.54, 1.807) is 0 Å². The quantitative estimate of drug-likeness (QED) is 0.722. The molecule has 1 fully saturated rings. The Labute approximate surface area is 96.8 Å². The molecule has 1 rings (SSSR count). The molecular formula is C11H22N2O3. The first-order chi connectivity index (χ1) is 7.31. The summed E-state index contributed by atoms with van der Waals surface area (Å²) in [5.74, 6) is 0.0949. The van der Waals surface area contributed by atoms with Crippen LogP contribution in [0.1, 0.15) is 20.8 Å². The molecular weight excluding hydrogens is 208 g/mol. The van der Waals surface area contributed by atoms with Crippen LogP contribution < -0.4 is 5.32 Å². The van der Waals surface area contributed by atoms with Crippen LogP contribution in [0.2, 0.25) is 0 Å². The lowest BCUT2D eigenvalue weighted by molar-refractivity contribution is 0.0488. The molecule has 0 spiro atoms. The maximum Gasteiger partial charge on any atom is 0.407 e. The predicted octanol–water partition coefficient (Wildman–Crippen LogP) is 0.434. The third-order valence-corrected chi connectivity index (χ3v) is 2.56. The lowest BCUT2D eigenvalue weighted by Crippen LogP contribution is -2.43. The van der Waals surface area contributed by atoms with Crippen molar-refractivity contribution in [1.29, 1.82) is 0 Å². The van der Waals surface area contributed by atoms with Crippen molar-refractivity contribution in [3.8, 4) is 0 Å². The second kappa shape index (κ2) is 5.01. The molecule has 1 heterocycles. The van der Waals surface area contributed by atoms with Crippen LogP contribution in [-0.4, -0.2) is 54.5 Å². The number of likely N-dealkylation sites (tertiary alicyclic amines) is 1. The fraction of sp³-hybridized carbons (Fsp3) is 0.909. The van der Waals surface area contributed by atoms with Crippen molar-refractivity contribution in [3.63, 3.8) is 0 Å². The summed E-state index contributed by atoms with van der Waals surface area (Å²) in [5.41, 5.74) is -0.483. The number of nitrogens with zero attached hydrogens (tertiary/aromatic N) is 1. The van der Waals surface area contributed by atoms with Crippen molar-refractivity contribution in [2.75, 3.05) is 26.7 Å². The normalized spacial score (nSPS) is 26.8. The average molecular weight is 230 g/mol. The molecule has 16 heavy (non-hydrogen) atoms. The Bertz CT molecular complexity index is 250. The minimum Gasteiger partial charge on any atom is -0.444 e. The topological polar surface area (TPSA) is 61.8 Å². The molecule has 0 bridgehead atoms. The summed E-state index contributed by atoms with van der Waals surface area (Å²) in [6, 6.07) is -0.0233. The smallest absolute Gasteiger partial charge is 0.407 e. The Hall–Kier alpha value is -0.810. The first-order valence-corrected chi connectivity index (χ1v) is 5.61. The number of amides is 1. The number of carbonyl (C=O) groups excluding carboxylic acids is 1. The number of hydrogen-bond donors (Lipinski definition) is 2. The number of rotatable bonds is 2. The summed E-state index contributed by atoms with van der Waals surface area (Å²) in [6.45, 7) is 7.14. The van der Waals surface area contributed by atoms with E-state index in [2.05, 4.69) is 10.2 Å². The van der Waals surface area contributed by atoms with Crippen LogP contribution in [0.15, 0.2) is 0 Å². The summed E-state index contributed by atoms with van der Waals surface area (Å²) in [6.07, 6.45) is -0.411. The molecule has 1 aliphatic rings. The third-order valence-electron chi connectivity index (χ3n) is 2.56. The van der Waals surface area contributed by atoms with Gasteiger partial charge in [-0.3, -0.25) is 0 Å². The molecule has 0 aromatic heterocycles. The maximum absolute atomic E-state index is 11.5. The van der Waals surface area contributed by atoms with Gasteiger partial charge in [-0.05, 0) is 27.8 Å². The number of aliphatic hydroxyl groups excluding tert-OH is 1. The molecule has 1 aliphatic heterocycles. The van der Waals surface area contributed by atoms with E-state index in [0.717, 1.165) is 13.1 Å². The Morgan fingerprint density at radius 3 is 2.62 bits per heavy atom. The summed E-state index contributed by atoms with van der Waals surface area (Å²) < 4.78 is 5.18. The van der Waals surface area contributed by atoms with Gasteiger partial charge in [0.25, 0.3) is 0 Å². The van der Waals surface area contributed by atoms with Crippen molar-refractivity contribution in [2.45, 2.75) is 32.4 Å². The van der Waals surface area contributed by atoms with E-state index in [1.807, 2.05) is 27.8 Å². The van der Waals surface area contributed by atoms with Gasteiger partial charge in [0, 0.05) is 25.6 Å². The van der Waals surface area contributed by atoms with Gasteiger partial charge in [0.2, 0.25) is 0 Å². The predicted molar refractivity (Wildman–Crippen MR) is 61.2 cm³/mol. The van der Waals surface area contributed by atoms with E-state index in [1.165, 1.54) is 0 Å². The summed E-state index contributed by atoms with van der Waals surface area (Å²) in [5, 5.41) is 12.0. The minimum atomic E-state index is -0.483. The third kappa shape index (κ3) is 3.98. The van der Waals surface area contributed by atoms with Gasteiger partial charge in [-0.2, -0.15) is 0 Å². The van der Waals surface area contributed by atoms with Crippen molar-refractivity contribution < 1.29 is 14.6 Å². The molecule has 1 saturated heterocycles. The highest BCUT2D eigenvalue weighted by Crippen LogP contribution is 2.15. The van der Waals surface area contributed by atoms with E-state index in [-0.39, 0.29) is 18.6 Å². The first-order valence-electron chi connectivity index (χ1n) is 5.61. The standard InChI is InChI=1S/C11H22N2O3/c1-11(2,3)16-10(15)12-9-6-13(4)5-8(9)7-14/h8-9,14H,5-7H2,1-4H3,(H,12,15)/t8-,9+/m0/s1. The Balaban J connectivity index is 2.44. The number of likely N-dealkylation sites (N-methyl/N-ethyl adjacent to an activating group) is 1. The monoisotopic (exact) mass is 230 g/mol. The number of hydrogen-bond acceptors (Lipinski definition) is 4. The summed E-state index contributed by atoms with van der Waals surface area (Å²) in [4.78, 5) is 13.6. The number of alkyl carbamates (subject to hydrolysis) is 1. The zero-order valence-electron chi connectivity index (χ0n) is 10.5. The number of aliphatic hydroxyl groups is 1. The van der Waals surface area contributed by atoms with Crippen LogP contribution in [-0.2, 0) is 4.74 Å². The van der Waals surface area contributed by atoms with Gasteiger partial charge < -0.3 is 20.1 Å². The van der Waals surface area contributed by atoms with E-state index in [4.69, 9.17) is 4.74 Å². The van der Waals surface area contributed by atoms with Gasteiger partial charge in [-0.1, -0.05) is 0 Å². The zero-order chi connectivity index (χ0) is 12.3. The molecule has 5 nitrogen and oxygen atoms in total. The van der Waals surface area contributed by atoms with Gasteiger partial charge in [0.1, 0.15) is 5.60 Å². The highest BCUT2D eigenvalue weighted by Gasteiger charge is 2.32. The second-order valence-electron chi connectivity index (χ2n) is 5.42. The van der Waals surface area contributed by atoms with Crippen LogP contribution >= 0.6 is 0 Å². The SMILES string of the molecule is CN1C[C@@H](CO)[C@H](NC(=O)OC(C)(C)C)C1. The van der Waals surface area contributed by atoms with Crippen molar-refractivity contribution in [2.24, 2.45) is 5.92 Å². The summed E-state index contributed by atoms with van der Waals surface area (Å²) >= 11 is 0. The number of nitrogens with one attached hydrogen (secondary N) is 1. The lowest BCUT2D eigenvalue weighted by atomic mass is 10.1. The minimum absolute atomic E-state index is 0.0233. The lowest BCUT2D eigenvalue weighted by Gasteiger charge is -2.23. The average Bonchev–Trinajstić information content (AvgIpc) is 2.42. The number of ether oxygens (including phenoxy) is 1. The molecule has 2 atom stereocenters. The van der Waals surface area contributed by atoms with Crippen LogP contribution in [0.5, 0.6) is 0 Å². The molecule has 0 aromatic rings. The van der Waals surface area contributed by atoms with Crippen molar-refractivity contribution >= 4 is 6.09 Å². The van der Waals surface area contributed by atoms with E-state index in [9.17, 15) is 9.90 Å². The van der Waals surface area contributed by atoms with Crippen LogP contribution in [0.4, 0.5) is 4.79 Å². The molecule has 5 heteroatoms. The van der Waals surface area contributed by atoms with Gasteiger partial charge in [-0.25, -0.2) is 4.79 Å². The second-order valence-corrected chi connectivity index (χ2v) is 5.42. The molecule has 0 aliphatic carbocycles. The Morgan fingerprint density at radius 2 is 2.12 bits per heavy atom. The molecule has 0 unspecified atom stereocenters. The highest BCUT2D eigenvalue weighted by atomic mass is 16.6. The highest BCUT2D eigenvalue weighted by molar-refractivity contribution is 5.68. The van der Waals surface area contributed by atoms with Crippen molar-refractivity contribution in [3.05, 3.63) is 0 Å². The molecule has 2 N–H and O–H groups in total. The largest absolute Gasteiger partial charge is 0.444 e. The zero-order valence-corrected chi connectivity index (χ0v) is 10.5. The van der Waals surface area contributed by atoms with Crippen molar-refractivity contribution in [1.82, 2.24) is 10.2 Å². The number of carbonyl (C=O) groups is 1. The van der Waals surface area contributed by atoms with Crippen LogP contribution in [0, 0.1) is 5.92 Å². The van der Waals surface area contributed by atoms with Gasteiger partial charge in [-0.15, -0.1) is 0 Å². The van der Waals surface area contributed by atoms with E-state index < -0.39 is 11.7 Å². The molecule has 94 valence electrons. The first kappa shape index (κ1) is 13.3. The maximum atomic E-state index is 11.5. The van der Waals surface area contributed by atoms with Crippen LogP contribution in [0.25, 0.3) is 0 Å². The Kier molecular flexibility index (Phi) is 4.15. The fourth-order valence-electron chi connectivity index (χ4n) is 1.89.